The summed E-state index contributed by atoms with van der Waals surface area (Å²) in [6.45, 7) is 0. The number of benzene rings is 2. The van der Waals surface area contributed by atoms with Crippen molar-refractivity contribution in [2.45, 2.75) is 0 Å². The largest absolute Gasteiger partial charge is 0.357 e. The maximum Gasteiger partial charge on any atom is 0.357 e. The summed E-state index contributed by atoms with van der Waals surface area (Å²) >= 11 is 4.68. The number of rotatable bonds is 2. The quantitative estimate of drug-likeness (QED) is 0.481. The summed E-state index contributed by atoms with van der Waals surface area (Å²) in [4.78, 5) is 0. The van der Waals surface area contributed by atoms with Crippen LogP contribution in [0.4, 0.5) is 0 Å². The van der Waals surface area contributed by atoms with E-state index < -0.39 is 0 Å². The average Bonchev–Trinajstić information content (AvgIpc) is 2.25. The van der Waals surface area contributed by atoms with Gasteiger partial charge in [0.1, 0.15) is 0 Å². The number of hydrogen-bond acceptors (Lipinski definition) is 0. The van der Waals surface area contributed by atoms with Crippen LogP contribution in [0.1, 0.15) is 0 Å². The Balaban J connectivity index is 0.00000128. The SMILES string of the molecule is Cl.Ic1ccc([I+]c2ccc(I)cc2)cc1. The van der Waals surface area contributed by atoms with Gasteiger partial charge in [-0.2, -0.15) is 0 Å². The van der Waals surface area contributed by atoms with Crippen molar-refractivity contribution in [3.05, 3.63) is 62.8 Å². The van der Waals surface area contributed by atoms with Gasteiger partial charge in [0.2, 0.25) is 0 Å². The van der Waals surface area contributed by atoms with E-state index in [1.165, 1.54) is 14.3 Å². The van der Waals surface area contributed by atoms with Gasteiger partial charge in [-0.25, -0.2) is 0 Å². The summed E-state index contributed by atoms with van der Waals surface area (Å²) in [6, 6.07) is 17.7. The van der Waals surface area contributed by atoms with Crippen molar-refractivity contribution in [3.63, 3.8) is 0 Å². The molecule has 0 atom stereocenters. The third-order valence-corrected chi connectivity index (χ3v) is 5.95. The van der Waals surface area contributed by atoms with Crippen molar-refractivity contribution in [3.8, 4) is 0 Å². The molecule has 2 aromatic carbocycles. The Morgan fingerprint density at radius 2 is 0.938 bits per heavy atom. The lowest BCUT2D eigenvalue weighted by molar-refractivity contribution is -0.597. The van der Waals surface area contributed by atoms with Gasteiger partial charge < -0.3 is 0 Å². The predicted octanol–water partition coefficient (Wildman–Crippen LogP) is 1.45. The van der Waals surface area contributed by atoms with Crippen molar-refractivity contribution in [1.82, 2.24) is 0 Å². The highest BCUT2D eigenvalue weighted by Crippen LogP contribution is 2.02. The highest BCUT2D eigenvalue weighted by atomic mass is 127. The van der Waals surface area contributed by atoms with E-state index in [0.717, 1.165) is 0 Å². The molecule has 16 heavy (non-hydrogen) atoms. The molecule has 0 nitrogen and oxygen atoms in total. The summed E-state index contributed by atoms with van der Waals surface area (Å²) in [5.41, 5.74) is 0. The van der Waals surface area contributed by atoms with Crippen LogP contribution in [0.25, 0.3) is 0 Å². The van der Waals surface area contributed by atoms with E-state index in [1.807, 2.05) is 0 Å². The second-order valence-corrected chi connectivity index (χ2v) is 8.49. The van der Waals surface area contributed by atoms with Gasteiger partial charge in [0.05, 0.1) is 0 Å². The van der Waals surface area contributed by atoms with Gasteiger partial charge in [-0.05, 0) is 93.7 Å². The molecule has 0 aliphatic carbocycles. The van der Waals surface area contributed by atoms with Crippen LogP contribution in [-0.4, -0.2) is 0 Å². The molecule has 2 rings (SSSR count). The zero-order valence-corrected chi connectivity index (χ0v) is 15.4. The second-order valence-electron chi connectivity index (χ2n) is 2.97. The van der Waals surface area contributed by atoms with E-state index in [9.17, 15) is 0 Å². The summed E-state index contributed by atoms with van der Waals surface area (Å²) in [5.74, 6) is 0. The van der Waals surface area contributed by atoms with Gasteiger partial charge in [0, 0.05) is 7.14 Å². The van der Waals surface area contributed by atoms with Crippen molar-refractivity contribution in [2.24, 2.45) is 0 Å². The minimum atomic E-state index is -0.00353. The number of halogens is 4. The van der Waals surface area contributed by atoms with Gasteiger partial charge in [0.15, 0.2) is 7.14 Å². The van der Waals surface area contributed by atoms with Crippen LogP contribution >= 0.6 is 57.6 Å². The van der Waals surface area contributed by atoms with Crippen molar-refractivity contribution >= 4 is 57.6 Å². The van der Waals surface area contributed by atoms with E-state index in [4.69, 9.17) is 0 Å². The molecule has 0 heterocycles. The molecule has 2 aromatic rings. The fourth-order valence-corrected chi connectivity index (χ4v) is 3.99. The molecule has 0 saturated heterocycles. The standard InChI is InChI=1S/C12H8I3.ClH/c13-9-1-5-11(6-2-9)15-12-7-3-10(14)4-8-12;/h1-8H;1H/q+1;. The Labute approximate surface area is 140 Å². The minimum Gasteiger partial charge on any atom is -0.147 e. The van der Waals surface area contributed by atoms with Gasteiger partial charge in [-0.15, -0.1) is 12.4 Å². The van der Waals surface area contributed by atoms with Crippen LogP contribution in [0.3, 0.4) is 0 Å². The molecule has 0 radical (unpaired) electrons. The minimum absolute atomic E-state index is 0. The van der Waals surface area contributed by atoms with Crippen LogP contribution in [0.15, 0.2) is 48.5 Å². The Bertz CT molecular complexity index is 393. The topological polar surface area (TPSA) is 0 Å². The molecule has 84 valence electrons. The molecule has 0 N–H and O–H groups in total. The third kappa shape index (κ3) is 4.66. The molecule has 0 aromatic heterocycles. The molecule has 0 aliphatic heterocycles. The Morgan fingerprint density at radius 1 is 0.625 bits per heavy atom. The molecule has 0 saturated carbocycles. The monoisotopic (exact) mass is 569 g/mol. The normalized spacial score (nSPS) is 9.62. The summed E-state index contributed by atoms with van der Waals surface area (Å²) < 4.78 is 5.58. The fraction of sp³-hybridized carbons (Fsp3) is 0. The first-order chi connectivity index (χ1) is 7.24. The molecule has 0 amide bonds. The van der Waals surface area contributed by atoms with Crippen LogP contribution in [0.2, 0.25) is 0 Å². The Morgan fingerprint density at radius 3 is 1.25 bits per heavy atom. The van der Waals surface area contributed by atoms with Crippen LogP contribution in [0, 0.1) is 14.3 Å². The first-order valence-corrected chi connectivity index (χ1v) is 8.71. The van der Waals surface area contributed by atoms with Gasteiger partial charge in [-0.1, -0.05) is 0 Å². The molecular formula is C12H9ClI3+. The Hall–Kier alpha value is 0.920. The first-order valence-electron chi connectivity index (χ1n) is 4.40. The van der Waals surface area contributed by atoms with E-state index in [-0.39, 0.29) is 33.6 Å². The van der Waals surface area contributed by atoms with Gasteiger partial charge in [0.25, 0.3) is 0 Å². The molecule has 0 unspecified atom stereocenters. The van der Waals surface area contributed by atoms with Gasteiger partial charge >= 0.3 is 21.2 Å². The van der Waals surface area contributed by atoms with E-state index >= 15 is 0 Å². The van der Waals surface area contributed by atoms with Gasteiger partial charge in [-0.3, -0.25) is 0 Å². The second kappa shape index (κ2) is 7.38. The molecular weight excluding hydrogens is 560 g/mol. The molecule has 4 heteroatoms. The number of hydrogen-bond donors (Lipinski definition) is 0. The van der Waals surface area contributed by atoms with Crippen LogP contribution < -0.4 is 21.2 Å². The maximum absolute atomic E-state index is 2.34. The van der Waals surface area contributed by atoms with Crippen molar-refractivity contribution < 1.29 is 21.2 Å². The fourth-order valence-electron chi connectivity index (χ4n) is 1.11. The summed E-state index contributed by atoms with van der Waals surface area (Å²) in [5, 5.41) is 0. The van der Waals surface area contributed by atoms with Crippen molar-refractivity contribution in [2.75, 3.05) is 0 Å². The highest BCUT2D eigenvalue weighted by molar-refractivity contribution is 14.1. The third-order valence-electron chi connectivity index (χ3n) is 1.83. The van der Waals surface area contributed by atoms with Crippen LogP contribution in [0.5, 0.6) is 0 Å². The van der Waals surface area contributed by atoms with E-state index in [0.29, 0.717) is 0 Å². The average molecular weight is 569 g/mol. The first kappa shape index (κ1) is 15.0. The molecule has 0 fully saturated rings. The molecule has 0 bridgehead atoms. The summed E-state index contributed by atoms with van der Waals surface area (Å²) in [7, 11) is 0. The zero-order chi connectivity index (χ0) is 10.7. The zero-order valence-electron chi connectivity index (χ0n) is 8.16. The maximum atomic E-state index is 2.34. The highest BCUT2D eigenvalue weighted by Gasteiger charge is 2.14. The van der Waals surface area contributed by atoms with E-state index in [2.05, 4.69) is 93.7 Å². The predicted molar refractivity (Wildman–Crippen MR) is 83.0 cm³/mol. The van der Waals surface area contributed by atoms with E-state index in [1.54, 1.807) is 0 Å². The van der Waals surface area contributed by atoms with Crippen molar-refractivity contribution in [1.29, 1.82) is 0 Å². The lowest BCUT2D eigenvalue weighted by Crippen LogP contribution is -3.61. The lowest BCUT2D eigenvalue weighted by Gasteiger charge is -1.89. The smallest absolute Gasteiger partial charge is 0.147 e. The Kier molecular flexibility index (Phi) is 6.91. The summed E-state index contributed by atoms with van der Waals surface area (Å²) in [6.07, 6.45) is 0. The molecule has 0 spiro atoms. The molecule has 0 aliphatic rings. The lowest BCUT2D eigenvalue weighted by atomic mass is 10.4. The van der Waals surface area contributed by atoms with Crippen LogP contribution in [-0.2, 0) is 0 Å².